The number of rotatable bonds is 7. The zero-order valence-corrected chi connectivity index (χ0v) is 17.8. The molecule has 5 nitrogen and oxygen atoms in total. The van der Waals surface area contributed by atoms with Crippen LogP contribution in [-0.4, -0.2) is 19.7 Å². The van der Waals surface area contributed by atoms with E-state index in [-0.39, 0.29) is 0 Å². The maximum Gasteiger partial charge on any atom is 0.191 e. The van der Waals surface area contributed by atoms with Crippen LogP contribution >= 0.6 is 23.1 Å². The van der Waals surface area contributed by atoms with Gasteiger partial charge in [-0.25, -0.2) is 4.98 Å². The van der Waals surface area contributed by atoms with Gasteiger partial charge in [0, 0.05) is 23.2 Å². The molecule has 0 saturated heterocycles. The first-order chi connectivity index (χ1) is 13.7. The summed E-state index contributed by atoms with van der Waals surface area (Å²) >= 11 is 3.37. The van der Waals surface area contributed by atoms with Crippen LogP contribution in [-0.2, 0) is 12.3 Å². The van der Waals surface area contributed by atoms with Crippen molar-refractivity contribution in [2.45, 2.75) is 44.6 Å². The third kappa shape index (κ3) is 3.77. The number of aryl methyl sites for hydroxylation is 2. The lowest BCUT2D eigenvalue weighted by Crippen LogP contribution is -2.02. The van der Waals surface area contributed by atoms with E-state index in [0.29, 0.717) is 0 Å². The summed E-state index contributed by atoms with van der Waals surface area (Å²) in [5, 5.41) is 13.0. The first-order valence-electron chi connectivity index (χ1n) is 9.28. The van der Waals surface area contributed by atoms with Crippen LogP contribution in [0.2, 0.25) is 0 Å². The maximum atomic E-state index is 5.45. The Morgan fingerprint density at radius 3 is 2.71 bits per heavy atom. The Balaban J connectivity index is 1.54. The quantitative estimate of drug-likeness (QED) is 0.351. The van der Waals surface area contributed by atoms with Gasteiger partial charge in [-0.15, -0.1) is 21.5 Å². The largest absolute Gasteiger partial charge is 0.469 e. The molecule has 3 aromatic heterocycles. The number of benzene rings is 1. The molecule has 0 aliphatic rings. The number of thiazole rings is 1. The van der Waals surface area contributed by atoms with Crippen LogP contribution in [0.3, 0.4) is 0 Å². The predicted molar refractivity (Wildman–Crippen MR) is 115 cm³/mol. The first kappa shape index (κ1) is 19.0. The molecule has 0 saturated carbocycles. The molecule has 4 rings (SSSR count). The van der Waals surface area contributed by atoms with Gasteiger partial charge < -0.3 is 8.98 Å². The highest BCUT2D eigenvalue weighted by Crippen LogP contribution is 2.31. The SMILES string of the molecule is CCCn1c(SCc2csc(-c3ccccc3C)n2)nnc1-c1ccoc1C. The first-order valence-corrected chi connectivity index (χ1v) is 11.1. The number of hydrogen-bond acceptors (Lipinski definition) is 6. The van der Waals surface area contributed by atoms with E-state index in [4.69, 9.17) is 9.40 Å². The Morgan fingerprint density at radius 2 is 1.96 bits per heavy atom. The van der Waals surface area contributed by atoms with Crippen molar-refractivity contribution in [2.24, 2.45) is 0 Å². The standard InChI is InChI=1S/C21H22N4OS2/c1-4-10-25-19(18-9-11-26-15(18)3)23-24-21(25)28-13-16-12-27-20(22-16)17-8-6-5-7-14(17)2/h5-9,11-12H,4,10,13H2,1-3H3. The molecule has 0 amide bonds. The lowest BCUT2D eigenvalue weighted by molar-refractivity contribution is 0.534. The van der Waals surface area contributed by atoms with E-state index >= 15 is 0 Å². The molecule has 7 heteroatoms. The molecule has 28 heavy (non-hydrogen) atoms. The van der Waals surface area contributed by atoms with Gasteiger partial charge >= 0.3 is 0 Å². The molecule has 3 heterocycles. The van der Waals surface area contributed by atoms with Gasteiger partial charge in [-0.2, -0.15) is 0 Å². The van der Waals surface area contributed by atoms with Crippen LogP contribution in [0.4, 0.5) is 0 Å². The lowest BCUT2D eigenvalue weighted by Gasteiger charge is -2.07. The summed E-state index contributed by atoms with van der Waals surface area (Å²) in [5.74, 6) is 2.51. The molecule has 0 aliphatic carbocycles. The molecular weight excluding hydrogens is 388 g/mol. The second-order valence-corrected chi connectivity index (χ2v) is 8.40. The fraction of sp³-hybridized carbons (Fsp3) is 0.286. The number of furan rings is 1. The summed E-state index contributed by atoms with van der Waals surface area (Å²) in [5.41, 5.74) is 4.53. The third-order valence-electron chi connectivity index (χ3n) is 4.54. The molecule has 144 valence electrons. The van der Waals surface area contributed by atoms with Crippen molar-refractivity contribution in [3.8, 4) is 22.0 Å². The monoisotopic (exact) mass is 410 g/mol. The molecule has 0 bridgehead atoms. The summed E-state index contributed by atoms with van der Waals surface area (Å²) in [6.45, 7) is 7.11. The Labute approximate surface area is 172 Å². The number of aromatic nitrogens is 4. The second kappa shape index (κ2) is 8.32. The van der Waals surface area contributed by atoms with Crippen LogP contribution in [0, 0.1) is 13.8 Å². The molecule has 0 N–H and O–H groups in total. The Kier molecular flexibility index (Phi) is 5.64. The summed E-state index contributed by atoms with van der Waals surface area (Å²) in [4.78, 5) is 4.83. The molecule has 0 aliphatic heterocycles. The Hall–Kier alpha value is -2.38. The summed E-state index contributed by atoms with van der Waals surface area (Å²) in [7, 11) is 0. The Bertz CT molecular complexity index is 1080. The molecule has 0 spiro atoms. The van der Waals surface area contributed by atoms with Gasteiger partial charge in [0.2, 0.25) is 0 Å². The van der Waals surface area contributed by atoms with Crippen LogP contribution < -0.4 is 0 Å². The van der Waals surface area contributed by atoms with Crippen LogP contribution in [0.25, 0.3) is 22.0 Å². The van der Waals surface area contributed by atoms with Crippen LogP contribution in [0.5, 0.6) is 0 Å². The van der Waals surface area contributed by atoms with Gasteiger partial charge in [-0.3, -0.25) is 0 Å². The van der Waals surface area contributed by atoms with Crippen LogP contribution in [0.15, 0.2) is 51.5 Å². The number of nitrogens with zero attached hydrogens (tertiary/aromatic N) is 4. The molecule has 4 aromatic rings. The summed E-state index contributed by atoms with van der Waals surface area (Å²) in [6, 6.07) is 10.3. The number of thioether (sulfide) groups is 1. The zero-order valence-electron chi connectivity index (χ0n) is 16.2. The van der Waals surface area contributed by atoms with Gasteiger partial charge in [0.1, 0.15) is 10.8 Å². The third-order valence-corrected chi connectivity index (χ3v) is 6.46. The van der Waals surface area contributed by atoms with E-state index in [1.807, 2.05) is 13.0 Å². The molecule has 0 unspecified atom stereocenters. The number of hydrogen-bond donors (Lipinski definition) is 0. The minimum Gasteiger partial charge on any atom is -0.469 e. The second-order valence-electron chi connectivity index (χ2n) is 6.60. The zero-order chi connectivity index (χ0) is 19.5. The van der Waals surface area contributed by atoms with Crippen molar-refractivity contribution in [2.75, 3.05) is 0 Å². The van der Waals surface area contributed by atoms with Gasteiger partial charge in [0.25, 0.3) is 0 Å². The van der Waals surface area contributed by atoms with Gasteiger partial charge in [-0.1, -0.05) is 43.0 Å². The molecule has 0 radical (unpaired) electrons. The van der Waals surface area contributed by atoms with Crippen LogP contribution in [0.1, 0.15) is 30.4 Å². The highest BCUT2D eigenvalue weighted by atomic mass is 32.2. The highest BCUT2D eigenvalue weighted by molar-refractivity contribution is 7.98. The lowest BCUT2D eigenvalue weighted by atomic mass is 10.1. The van der Waals surface area contributed by atoms with Gasteiger partial charge in [0.15, 0.2) is 11.0 Å². The molecular formula is C21H22N4OS2. The highest BCUT2D eigenvalue weighted by Gasteiger charge is 2.17. The van der Waals surface area contributed by atoms with Crippen molar-refractivity contribution in [3.63, 3.8) is 0 Å². The molecule has 0 fully saturated rings. The van der Waals surface area contributed by atoms with Crippen molar-refractivity contribution in [1.29, 1.82) is 0 Å². The van der Waals surface area contributed by atoms with E-state index in [2.05, 4.69) is 58.3 Å². The minimum absolute atomic E-state index is 0.772. The van der Waals surface area contributed by atoms with Crippen molar-refractivity contribution >= 4 is 23.1 Å². The van der Waals surface area contributed by atoms with Gasteiger partial charge in [-0.05, 0) is 31.9 Å². The van der Waals surface area contributed by atoms with E-state index in [0.717, 1.165) is 51.7 Å². The fourth-order valence-corrected chi connectivity index (χ4v) is 4.96. The van der Waals surface area contributed by atoms with E-state index in [1.54, 1.807) is 29.4 Å². The predicted octanol–water partition coefficient (Wildman–Crippen LogP) is 5.98. The summed E-state index contributed by atoms with van der Waals surface area (Å²) < 4.78 is 7.63. The summed E-state index contributed by atoms with van der Waals surface area (Å²) in [6.07, 6.45) is 2.72. The maximum absolute atomic E-state index is 5.45. The average molecular weight is 411 g/mol. The van der Waals surface area contributed by atoms with E-state index < -0.39 is 0 Å². The minimum atomic E-state index is 0.772. The fourth-order valence-electron chi connectivity index (χ4n) is 3.09. The molecule has 0 atom stereocenters. The van der Waals surface area contributed by atoms with E-state index in [1.165, 1.54) is 11.1 Å². The van der Waals surface area contributed by atoms with Crippen molar-refractivity contribution in [1.82, 2.24) is 19.7 Å². The topological polar surface area (TPSA) is 56.7 Å². The van der Waals surface area contributed by atoms with Gasteiger partial charge in [0.05, 0.1) is 17.5 Å². The molecule has 1 aromatic carbocycles. The van der Waals surface area contributed by atoms with Crippen molar-refractivity contribution in [3.05, 3.63) is 59.0 Å². The van der Waals surface area contributed by atoms with Crippen molar-refractivity contribution < 1.29 is 4.42 Å². The Morgan fingerprint density at radius 1 is 1.11 bits per heavy atom. The normalized spacial score (nSPS) is 11.2. The average Bonchev–Trinajstić information content (AvgIpc) is 3.41. The smallest absolute Gasteiger partial charge is 0.191 e. The van der Waals surface area contributed by atoms with E-state index in [9.17, 15) is 0 Å².